The van der Waals surface area contributed by atoms with Crippen molar-refractivity contribution in [2.24, 2.45) is 5.73 Å². The van der Waals surface area contributed by atoms with Gasteiger partial charge in [-0.25, -0.2) is 4.98 Å². The van der Waals surface area contributed by atoms with Crippen LogP contribution in [0.1, 0.15) is 12.5 Å². The van der Waals surface area contributed by atoms with E-state index in [9.17, 15) is 0 Å². The summed E-state index contributed by atoms with van der Waals surface area (Å²) in [6.45, 7) is 2.81. The van der Waals surface area contributed by atoms with Crippen molar-refractivity contribution in [2.45, 2.75) is 19.5 Å². The van der Waals surface area contributed by atoms with Crippen LogP contribution >= 0.6 is 12.2 Å². The Balaban J connectivity index is 2.07. The average molecular weight is 262 g/mol. The summed E-state index contributed by atoms with van der Waals surface area (Å²) in [5.41, 5.74) is 6.34. The van der Waals surface area contributed by atoms with E-state index in [1.165, 1.54) is 0 Å². The van der Waals surface area contributed by atoms with Gasteiger partial charge in [0.05, 0.1) is 18.1 Å². The molecule has 3 N–H and O–H groups in total. The van der Waals surface area contributed by atoms with Crippen molar-refractivity contribution in [3.05, 3.63) is 36.5 Å². The summed E-state index contributed by atoms with van der Waals surface area (Å²) in [5, 5.41) is 11.1. The van der Waals surface area contributed by atoms with E-state index in [0.29, 0.717) is 16.4 Å². The summed E-state index contributed by atoms with van der Waals surface area (Å²) in [5.74, 6) is 0.609. The Morgan fingerprint density at radius 2 is 2.39 bits per heavy atom. The van der Waals surface area contributed by atoms with E-state index >= 15 is 0 Å². The highest BCUT2D eigenvalue weighted by molar-refractivity contribution is 7.80. The molecule has 2 aromatic rings. The summed E-state index contributed by atoms with van der Waals surface area (Å²) in [4.78, 5) is 4.30. The molecule has 1 unspecified atom stereocenters. The standard InChI is InChI=1S/C11H14N6S/c1-8(6-17-5-4-13-7-17)15-11-9(10(12)18)2-3-14-16-11/h2-5,7-8H,6H2,1H3,(H2,12,18)(H,15,16). The summed E-state index contributed by atoms with van der Waals surface area (Å²) in [7, 11) is 0. The number of nitrogens with one attached hydrogen (secondary N) is 1. The van der Waals surface area contributed by atoms with Crippen molar-refractivity contribution < 1.29 is 0 Å². The maximum atomic E-state index is 5.63. The lowest BCUT2D eigenvalue weighted by Crippen LogP contribution is -2.24. The molecule has 2 heterocycles. The lowest BCUT2D eigenvalue weighted by molar-refractivity contribution is 0.616. The van der Waals surface area contributed by atoms with Crippen molar-refractivity contribution >= 4 is 23.0 Å². The predicted octanol–water partition coefficient (Wildman–Crippen LogP) is 0.808. The topological polar surface area (TPSA) is 81.7 Å². The fourth-order valence-electron chi connectivity index (χ4n) is 1.63. The third-order valence-corrected chi connectivity index (χ3v) is 2.63. The number of hydrogen-bond donors (Lipinski definition) is 2. The van der Waals surface area contributed by atoms with Crippen LogP contribution in [0.2, 0.25) is 0 Å². The smallest absolute Gasteiger partial charge is 0.159 e. The zero-order chi connectivity index (χ0) is 13.0. The van der Waals surface area contributed by atoms with Gasteiger partial charge in [-0.1, -0.05) is 12.2 Å². The Kier molecular flexibility index (Phi) is 3.83. The fourth-order valence-corrected chi connectivity index (χ4v) is 1.79. The number of anilines is 1. The summed E-state index contributed by atoms with van der Waals surface area (Å²) in [6, 6.07) is 1.91. The number of hydrogen-bond acceptors (Lipinski definition) is 5. The number of nitrogens with two attached hydrogens (primary N) is 1. The normalized spacial score (nSPS) is 12.1. The molecule has 0 aromatic carbocycles. The second-order valence-corrected chi connectivity index (χ2v) is 4.40. The zero-order valence-corrected chi connectivity index (χ0v) is 10.8. The van der Waals surface area contributed by atoms with Gasteiger partial charge in [0.2, 0.25) is 0 Å². The van der Waals surface area contributed by atoms with Crippen LogP contribution in [0.3, 0.4) is 0 Å². The van der Waals surface area contributed by atoms with E-state index in [1.807, 2.05) is 17.7 Å². The van der Waals surface area contributed by atoms with E-state index < -0.39 is 0 Å². The first-order chi connectivity index (χ1) is 8.66. The summed E-state index contributed by atoms with van der Waals surface area (Å²) >= 11 is 4.97. The van der Waals surface area contributed by atoms with Crippen molar-refractivity contribution in [3.8, 4) is 0 Å². The van der Waals surface area contributed by atoms with Crippen LogP contribution < -0.4 is 11.1 Å². The highest BCUT2D eigenvalue weighted by Gasteiger charge is 2.10. The Morgan fingerprint density at radius 3 is 3.06 bits per heavy atom. The number of rotatable bonds is 5. The average Bonchev–Trinajstić information content (AvgIpc) is 2.82. The van der Waals surface area contributed by atoms with Crippen LogP contribution in [-0.2, 0) is 6.54 Å². The number of nitrogens with zero attached hydrogens (tertiary/aromatic N) is 4. The second kappa shape index (κ2) is 5.54. The Labute approximate surface area is 110 Å². The lowest BCUT2D eigenvalue weighted by atomic mass is 10.2. The predicted molar refractivity (Wildman–Crippen MR) is 73.2 cm³/mol. The van der Waals surface area contributed by atoms with Gasteiger partial charge in [-0.15, -0.1) is 5.10 Å². The van der Waals surface area contributed by atoms with Crippen molar-refractivity contribution in [3.63, 3.8) is 0 Å². The molecule has 0 amide bonds. The van der Waals surface area contributed by atoms with E-state index in [-0.39, 0.29) is 6.04 Å². The molecule has 0 fully saturated rings. The maximum absolute atomic E-state index is 5.63. The molecule has 0 bridgehead atoms. The minimum absolute atomic E-state index is 0.156. The molecule has 0 saturated heterocycles. The minimum Gasteiger partial charge on any atom is -0.389 e. The van der Waals surface area contributed by atoms with Crippen LogP contribution in [-0.4, -0.2) is 30.8 Å². The van der Waals surface area contributed by atoms with Gasteiger partial charge >= 0.3 is 0 Å². The molecule has 6 nitrogen and oxygen atoms in total. The molecule has 2 aromatic heterocycles. The lowest BCUT2D eigenvalue weighted by Gasteiger charge is -2.16. The zero-order valence-electron chi connectivity index (χ0n) is 9.95. The maximum Gasteiger partial charge on any atom is 0.159 e. The van der Waals surface area contributed by atoms with Crippen molar-refractivity contribution in [1.82, 2.24) is 19.7 Å². The van der Waals surface area contributed by atoms with Gasteiger partial charge < -0.3 is 15.6 Å². The minimum atomic E-state index is 0.156. The Hall–Kier alpha value is -2.02. The first-order valence-corrected chi connectivity index (χ1v) is 5.91. The van der Waals surface area contributed by atoms with E-state index in [0.717, 1.165) is 6.54 Å². The first kappa shape index (κ1) is 12.4. The van der Waals surface area contributed by atoms with Crippen LogP contribution in [0, 0.1) is 0 Å². The Bertz CT molecular complexity index is 524. The number of aromatic nitrogens is 4. The van der Waals surface area contributed by atoms with Gasteiger partial charge in [-0.2, -0.15) is 5.10 Å². The molecular weight excluding hydrogens is 248 g/mol. The number of thiocarbonyl (C=S) groups is 1. The molecule has 0 aliphatic heterocycles. The monoisotopic (exact) mass is 262 g/mol. The van der Waals surface area contributed by atoms with Crippen LogP contribution in [0.25, 0.3) is 0 Å². The van der Waals surface area contributed by atoms with Gasteiger partial charge in [0.15, 0.2) is 5.82 Å². The SMILES string of the molecule is CC(Cn1ccnc1)Nc1nnccc1C(N)=S. The first-order valence-electron chi connectivity index (χ1n) is 5.50. The van der Waals surface area contributed by atoms with E-state index in [2.05, 4.69) is 20.5 Å². The van der Waals surface area contributed by atoms with Crippen LogP contribution in [0.5, 0.6) is 0 Å². The van der Waals surface area contributed by atoms with Gasteiger partial charge in [-0.05, 0) is 13.0 Å². The third kappa shape index (κ3) is 3.01. The number of imidazole rings is 1. The van der Waals surface area contributed by atoms with Gasteiger partial charge in [0.25, 0.3) is 0 Å². The molecule has 1 atom stereocenters. The van der Waals surface area contributed by atoms with Crippen molar-refractivity contribution in [1.29, 1.82) is 0 Å². The van der Waals surface area contributed by atoms with Crippen LogP contribution in [0.4, 0.5) is 5.82 Å². The molecule has 0 radical (unpaired) electrons. The molecule has 18 heavy (non-hydrogen) atoms. The van der Waals surface area contributed by atoms with Gasteiger partial charge in [-0.3, -0.25) is 0 Å². The highest BCUT2D eigenvalue weighted by atomic mass is 32.1. The summed E-state index contributed by atoms with van der Waals surface area (Å²) < 4.78 is 1.98. The molecule has 2 rings (SSSR count). The molecule has 0 aliphatic rings. The van der Waals surface area contributed by atoms with Crippen molar-refractivity contribution in [2.75, 3.05) is 5.32 Å². The largest absolute Gasteiger partial charge is 0.389 e. The fraction of sp³-hybridized carbons (Fsp3) is 0.273. The molecule has 94 valence electrons. The molecule has 0 spiro atoms. The van der Waals surface area contributed by atoms with Crippen LogP contribution in [0.15, 0.2) is 31.0 Å². The molecule has 0 aliphatic carbocycles. The second-order valence-electron chi connectivity index (χ2n) is 3.96. The van der Waals surface area contributed by atoms with Gasteiger partial charge in [0.1, 0.15) is 4.99 Å². The quantitative estimate of drug-likeness (QED) is 0.776. The Morgan fingerprint density at radius 1 is 1.56 bits per heavy atom. The van der Waals surface area contributed by atoms with E-state index in [4.69, 9.17) is 18.0 Å². The van der Waals surface area contributed by atoms with E-state index in [1.54, 1.807) is 24.8 Å². The molecule has 0 saturated carbocycles. The highest BCUT2D eigenvalue weighted by Crippen LogP contribution is 2.11. The van der Waals surface area contributed by atoms with Gasteiger partial charge in [0, 0.05) is 25.0 Å². The third-order valence-electron chi connectivity index (χ3n) is 2.41. The molecule has 7 heteroatoms. The summed E-state index contributed by atoms with van der Waals surface area (Å²) in [6.07, 6.45) is 6.99. The molecular formula is C11H14N6S.